The molecule has 0 radical (unpaired) electrons. The van der Waals surface area contributed by atoms with E-state index in [0.29, 0.717) is 17.9 Å². The first-order valence-electron chi connectivity index (χ1n) is 8.38. The third-order valence-electron chi connectivity index (χ3n) is 3.75. The molecule has 0 heterocycles. The minimum Gasteiger partial charge on any atom is -0.508 e. The Hall–Kier alpha value is -1.36. The molecule has 0 unspecified atom stereocenters. The number of hydrogen-bond acceptors (Lipinski definition) is 5. The summed E-state index contributed by atoms with van der Waals surface area (Å²) in [4.78, 5) is 12.4. The first kappa shape index (κ1) is 21.9. The fourth-order valence-electron chi connectivity index (χ4n) is 2.55. The number of hydrogen-bond donors (Lipinski definition) is 3. The van der Waals surface area contributed by atoms with E-state index in [1.54, 1.807) is 42.5 Å². The molecule has 0 bridgehead atoms. The molecular weight excluding hydrogens is 529 g/mol. The second-order valence-corrected chi connectivity index (χ2v) is 7.83. The highest BCUT2D eigenvalue weighted by atomic mass is 127. The molecule has 2 aromatic carbocycles. The van der Waals surface area contributed by atoms with Gasteiger partial charge < -0.3 is 19.7 Å². The van der Waals surface area contributed by atoms with Crippen LogP contribution < -0.4 is 5.32 Å². The minimum absolute atomic E-state index is 0.000462. The Morgan fingerprint density at radius 1 is 1.26 bits per heavy atom. The number of aliphatic hydroxyl groups is 1. The largest absolute Gasteiger partial charge is 0.508 e. The van der Waals surface area contributed by atoms with Crippen molar-refractivity contribution in [2.75, 3.05) is 18.5 Å². The van der Waals surface area contributed by atoms with Crippen molar-refractivity contribution in [1.29, 1.82) is 0 Å². The summed E-state index contributed by atoms with van der Waals surface area (Å²) in [6.45, 7) is 2.06. The second kappa shape index (κ2) is 10.8. The highest BCUT2D eigenvalue weighted by molar-refractivity contribution is 14.1. The number of amides is 1. The number of ether oxygens (including phenoxy) is 2. The van der Waals surface area contributed by atoms with E-state index in [-0.39, 0.29) is 18.8 Å². The summed E-state index contributed by atoms with van der Waals surface area (Å²) in [5.41, 5.74) is 1.00. The van der Waals surface area contributed by atoms with E-state index in [0.717, 1.165) is 8.04 Å². The Balaban J connectivity index is 2.26. The molecule has 27 heavy (non-hydrogen) atoms. The van der Waals surface area contributed by atoms with Crippen molar-refractivity contribution < 1.29 is 24.5 Å². The second-order valence-electron chi connectivity index (χ2n) is 5.67. The number of benzene rings is 2. The van der Waals surface area contributed by atoms with Crippen LogP contribution in [0.25, 0.3) is 0 Å². The molecule has 0 aliphatic rings. The lowest BCUT2D eigenvalue weighted by Crippen LogP contribution is -2.30. The fourth-order valence-corrected chi connectivity index (χ4v) is 3.33. The van der Waals surface area contributed by atoms with Gasteiger partial charge in [-0.15, -0.1) is 0 Å². The third-order valence-corrected chi connectivity index (χ3v) is 4.95. The number of phenols is 1. The number of anilines is 1. The smallest absolute Gasteiger partial charge is 0.412 e. The number of rotatable bonds is 8. The van der Waals surface area contributed by atoms with Gasteiger partial charge in [0.05, 0.1) is 0 Å². The van der Waals surface area contributed by atoms with Gasteiger partial charge in [0.1, 0.15) is 11.9 Å². The fraction of sp³-hybridized carbons (Fsp3) is 0.316. The monoisotopic (exact) mass is 549 g/mol. The van der Waals surface area contributed by atoms with Crippen LogP contribution in [-0.2, 0) is 9.47 Å². The lowest BCUT2D eigenvalue weighted by Gasteiger charge is -2.27. The van der Waals surface area contributed by atoms with E-state index in [4.69, 9.17) is 9.47 Å². The standard InChI is InChI=1S/C19H21BrINO5/c1-2-26-17(9-10-23)18(15-11-13(21)5-8-16(15)24)27-19(25)22-14-6-3-12(20)4-7-14/h3-8,11,17-18,23-24H,2,9-10H2,1H3,(H,22,25)/t17-,18-/m0/s1. The Labute approximate surface area is 180 Å². The Morgan fingerprint density at radius 2 is 1.96 bits per heavy atom. The normalized spacial score (nSPS) is 13.0. The maximum atomic E-state index is 12.4. The van der Waals surface area contributed by atoms with Gasteiger partial charge in [0.2, 0.25) is 0 Å². The highest BCUT2D eigenvalue weighted by Crippen LogP contribution is 2.33. The number of nitrogens with one attached hydrogen (secondary N) is 1. The maximum Gasteiger partial charge on any atom is 0.412 e. The van der Waals surface area contributed by atoms with Crippen LogP contribution in [0.4, 0.5) is 10.5 Å². The van der Waals surface area contributed by atoms with Crippen LogP contribution in [-0.4, -0.2) is 35.6 Å². The minimum atomic E-state index is -0.873. The van der Waals surface area contributed by atoms with E-state index < -0.39 is 18.3 Å². The van der Waals surface area contributed by atoms with Crippen molar-refractivity contribution in [3.05, 3.63) is 56.1 Å². The average Bonchev–Trinajstić information content (AvgIpc) is 2.64. The average molecular weight is 550 g/mol. The van der Waals surface area contributed by atoms with Crippen molar-refractivity contribution in [1.82, 2.24) is 0 Å². The molecule has 0 saturated carbocycles. The summed E-state index contributed by atoms with van der Waals surface area (Å²) in [7, 11) is 0. The van der Waals surface area contributed by atoms with Gasteiger partial charge in [0.25, 0.3) is 0 Å². The number of halogens is 2. The molecule has 0 aliphatic carbocycles. The van der Waals surface area contributed by atoms with Crippen molar-refractivity contribution >= 4 is 50.3 Å². The zero-order valence-electron chi connectivity index (χ0n) is 14.7. The molecule has 0 aliphatic heterocycles. The highest BCUT2D eigenvalue weighted by Gasteiger charge is 2.30. The van der Waals surface area contributed by atoms with Crippen molar-refractivity contribution in [3.8, 4) is 5.75 Å². The zero-order chi connectivity index (χ0) is 19.8. The van der Waals surface area contributed by atoms with Gasteiger partial charge in [-0.2, -0.15) is 0 Å². The number of aliphatic hydroxyl groups excluding tert-OH is 1. The van der Waals surface area contributed by atoms with Gasteiger partial charge in [-0.3, -0.25) is 5.32 Å². The van der Waals surface area contributed by atoms with E-state index in [1.807, 2.05) is 6.92 Å². The molecular formula is C19H21BrINO5. The Morgan fingerprint density at radius 3 is 2.59 bits per heavy atom. The lowest BCUT2D eigenvalue weighted by atomic mass is 10.0. The maximum absolute atomic E-state index is 12.4. The van der Waals surface area contributed by atoms with E-state index in [1.165, 1.54) is 0 Å². The van der Waals surface area contributed by atoms with Crippen molar-refractivity contribution in [2.24, 2.45) is 0 Å². The number of carbonyl (C=O) groups excluding carboxylic acids is 1. The molecule has 1 amide bonds. The molecule has 0 spiro atoms. The summed E-state index contributed by atoms with van der Waals surface area (Å²) in [6.07, 6.45) is -1.89. The topological polar surface area (TPSA) is 88.0 Å². The van der Waals surface area contributed by atoms with Crippen LogP contribution in [0.1, 0.15) is 25.0 Å². The molecule has 8 heteroatoms. The predicted molar refractivity (Wildman–Crippen MR) is 115 cm³/mol. The Bertz CT molecular complexity index is 750. The summed E-state index contributed by atoms with van der Waals surface area (Å²) in [5, 5.41) is 22.3. The van der Waals surface area contributed by atoms with E-state index in [9.17, 15) is 15.0 Å². The summed E-state index contributed by atoms with van der Waals surface area (Å²) in [6, 6.07) is 12.1. The number of aromatic hydroxyl groups is 1. The number of carbonyl (C=O) groups is 1. The van der Waals surface area contributed by atoms with E-state index >= 15 is 0 Å². The first-order valence-corrected chi connectivity index (χ1v) is 10.3. The summed E-state index contributed by atoms with van der Waals surface area (Å²) >= 11 is 5.45. The zero-order valence-corrected chi connectivity index (χ0v) is 18.4. The van der Waals surface area contributed by atoms with Crippen molar-refractivity contribution in [3.63, 3.8) is 0 Å². The lowest BCUT2D eigenvalue weighted by molar-refractivity contribution is -0.0491. The molecule has 0 fully saturated rings. The molecule has 2 aromatic rings. The molecule has 6 nitrogen and oxygen atoms in total. The predicted octanol–water partition coefficient (Wildman–Crippen LogP) is 4.84. The van der Waals surface area contributed by atoms with Gasteiger partial charge in [0.15, 0.2) is 6.10 Å². The third kappa shape index (κ3) is 6.63. The van der Waals surface area contributed by atoms with Crippen LogP contribution in [0.15, 0.2) is 46.9 Å². The summed E-state index contributed by atoms with van der Waals surface area (Å²) in [5.74, 6) is -0.000462. The molecule has 0 aromatic heterocycles. The molecule has 2 rings (SSSR count). The van der Waals surface area contributed by atoms with Gasteiger partial charge in [-0.05, 0) is 72.0 Å². The molecule has 146 valence electrons. The Kier molecular flexibility index (Phi) is 8.81. The van der Waals surface area contributed by atoms with Crippen LogP contribution in [0, 0.1) is 3.57 Å². The van der Waals surface area contributed by atoms with Gasteiger partial charge in [-0.1, -0.05) is 15.9 Å². The van der Waals surface area contributed by atoms with Gasteiger partial charge in [0, 0.05) is 38.9 Å². The van der Waals surface area contributed by atoms with E-state index in [2.05, 4.69) is 43.8 Å². The molecule has 0 saturated heterocycles. The quantitative estimate of drug-likeness (QED) is 0.410. The van der Waals surface area contributed by atoms with Crippen LogP contribution >= 0.6 is 38.5 Å². The van der Waals surface area contributed by atoms with Crippen molar-refractivity contribution in [2.45, 2.75) is 25.6 Å². The van der Waals surface area contributed by atoms with Gasteiger partial charge in [-0.25, -0.2) is 4.79 Å². The molecule has 2 atom stereocenters. The van der Waals surface area contributed by atoms with Crippen LogP contribution in [0.2, 0.25) is 0 Å². The van der Waals surface area contributed by atoms with Crippen LogP contribution in [0.5, 0.6) is 5.75 Å². The summed E-state index contributed by atoms with van der Waals surface area (Å²) < 4.78 is 13.1. The number of phenolic OH excluding ortho intramolecular Hbond substituents is 1. The SMILES string of the molecule is CCO[C@@H](CCO)[C@@H](OC(=O)Nc1ccc(Br)cc1)c1cc(I)ccc1O. The van der Waals surface area contributed by atoms with Crippen LogP contribution in [0.3, 0.4) is 0 Å². The first-order chi connectivity index (χ1) is 12.9. The molecule has 3 N–H and O–H groups in total. The van der Waals surface area contributed by atoms with Gasteiger partial charge >= 0.3 is 6.09 Å².